The Morgan fingerprint density at radius 3 is 2.53 bits per heavy atom. The molecule has 1 aromatic rings. The highest BCUT2D eigenvalue weighted by molar-refractivity contribution is 5.86. The van der Waals surface area contributed by atoms with Gasteiger partial charge < -0.3 is 14.4 Å². The molecule has 0 aliphatic rings. The fourth-order valence-corrected chi connectivity index (χ4v) is 1.07. The highest BCUT2D eigenvalue weighted by Crippen LogP contribution is 2.06. The lowest BCUT2D eigenvalue weighted by molar-refractivity contribution is 0.0593. The quantitative estimate of drug-likeness (QED) is 0.730. The van der Waals surface area contributed by atoms with Gasteiger partial charge in [-0.05, 0) is 0 Å². The number of halogens is 1. The minimum atomic E-state index is -0.487. The Labute approximate surface area is 106 Å². The maximum absolute atomic E-state index is 11.1. The molecule has 0 aromatic carbocycles. The summed E-state index contributed by atoms with van der Waals surface area (Å²) in [5, 5.41) is 0. The van der Waals surface area contributed by atoms with Gasteiger partial charge in [-0.3, -0.25) is 0 Å². The Hall–Kier alpha value is -1.40. The second-order valence-corrected chi connectivity index (χ2v) is 3.17. The highest BCUT2D eigenvalue weighted by Gasteiger charge is 2.08. The third-order valence-electron chi connectivity index (χ3n) is 2.05. The van der Waals surface area contributed by atoms with Crippen molar-refractivity contribution in [1.29, 1.82) is 0 Å². The zero-order valence-electron chi connectivity index (χ0n) is 10.0. The van der Waals surface area contributed by atoms with E-state index >= 15 is 0 Å². The summed E-state index contributed by atoms with van der Waals surface area (Å²) in [7, 11) is 4.82. The molecule has 6 nitrogen and oxygen atoms in total. The third-order valence-corrected chi connectivity index (χ3v) is 2.05. The van der Waals surface area contributed by atoms with Crippen LogP contribution in [0.3, 0.4) is 0 Å². The maximum Gasteiger partial charge on any atom is 0.358 e. The SMILES string of the molecule is COCCN(C)c1cnc(C(=O)OC)cn1.Cl. The summed E-state index contributed by atoms with van der Waals surface area (Å²) in [6, 6.07) is 0. The zero-order chi connectivity index (χ0) is 12.0. The molecular formula is C10H16ClN3O3. The van der Waals surface area contributed by atoms with Crippen LogP contribution in [0.25, 0.3) is 0 Å². The van der Waals surface area contributed by atoms with Gasteiger partial charge in [0.25, 0.3) is 0 Å². The number of hydrogen-bond donors (Lipinski definition) is 0. The van der Waals surface area contributed by atoms with E-state index < -0.39 is 5.97 Å². The lowest BCUT2D eigenvalue weighted by Crippen LogP contribution is -2.23. The largest absolute Gasteiger partial charge is 0.464 e. The summed E-state index contributed by atoms with van der Waals surface area (Å²) in [5.74, 6) is 0.197. The van der Waals surface area contributed by atoms with E-state index in [-0.39, 0.29) is 18.1 Å². The number of rotatable bonds is 5. The third kappa shape index (κ3) is 4.54. The van der Waals surface area contributed by atoms with Gasteiger partial charge in [-0.1, -0.05) is 0 Å². The lowest BCUT2D eigenvalue weighted by atomic mass is 10.4. The average molecular weight is 262 g/mol. The summed E-state index contributed by atoms with van der Waals surface area (Å²) in [6.45, 7) is 1.32. The van der Waals surface area contributed by atoms with Gasteiger partial charge in [0.05, 0.1) is 26.1 Å². The first-order chi connectivity index (χ1) is 7.69. The molecule has 0 atom stereocenters. The number of ether oxygens (including phenoxy) is 2. The van der Waals surface area contributed by atoms with E-state index in [9.17, 15) is 4.79 Å². The fraction of sp³-hybridized carbons (Fsp3) is 0.500. The van der Waals surface area contributed by atoms with E-state index in [1.165, 1.54) is 19.5 Å². The van der Waals surface area contributed by atoms with E-state index in [2.05, 4.69) is 14.7 Å². The molecule has 17 heavy (non-hydrogen) atoms. The molecule has 0 aliphatic carbocycles. The second-order valence-electron chi connectivity index (χ2n) is 3.17. The zero-order valence-corrected chi connectivity index (χ0v) is 10.9. The van der Waals surface area contributed by atoms with Crippen LogP contribution in [0.5, 0.6) is 0 Å². The van der Waals surface area contributed by atoms with Crippen molar-refractivity contribution < 1.29 is 14.3 Å². The monoisotopic (exact) mass is 261 g/mol. The number of hydrogen-bond acceptors (Lipinski definition) is 6. The van der Waals surface area contributed by atoms with Gasteiger partial charge in [0, 0.05) is 20.7 Å². The highest BCUT2D eigenvalue weighted by atomic mass is 35.5. The summed E-state index contributed by atoms with van der Waals surface area (Å²) in [6.07, 6.45) is 2.92. The van der Waals surface area contributed by atoms with Crippen molar-refractivity contribution in [2.24, 2.45) is 0 Å². The van der Waals surface area contributed by atoms with E-state index in [0.29, 0.717) is 19.0 Å². The van der Waals surface area contributed by atoms with E-state index in [4.69, 9.17) is 4.74 Å². The average Bonchev–Trinajstić information content (AvgIpc) is 2.35. The Kier molecular flexibility index (Phi) is 7.16. The number of aromatic nitrogens is 2. The Bertz CT molecular complexity index is 345. The predicted molar refractivity (Wildman–Crippen MR) is 65.8 cm³/mol. The van der Waals surface area contributed by atoms with Gasteiger partial charge in [0.15, 0.2) is 5.69 Å². The molecule has 96 valence electrons. The molecule has 0 aliphatic heterocycles. The number of anilines is 1. The van der Waals surface area contributed by atoms with Crippen molar-refractivity contribution in [3.05, 3.63) is 18.1 Å². The van der Waals surface area contributed by atoms with Gasteiger partial charge in [-0.25, -0.2) is 14.8 Å². The molecule has 7 heteroatoms. The van der Waals surface area contributed by atoms with E-state index in [1.807, 2.05) is 11.9 Å². The molecule has 0 N–H and O–H groups in total. The van der Waals surface area contributed by atoms with Crippen LogP contribution < -0.4 is 4.90 Å². The number of nitrogens with zero attached hydrogens (tertiary/aromatic N) is 3. The van der Waals surface area contributed by atoms with Gasteiger partial charge in [-0.15, -0.1) is 12.4 Å². The number of carbonyl (C=O) groups is 1. The van der Waals surface area contributed by atoms with Crippen molar-refractivity contribution in [1.82, 2.24) is 9.97 Å². The number of carbonyl (C=O) groups excluding carboxylic acids is 1. The summed E-state index contributed by atoms with van der Waals surface area (Å²) >= 11 is 0. The minimum Gasteiger partial charge on any atom is -0.464 e. The topological polar surface area (TPSA) is 64.5 Å². The van der Waals surface area contributed by atoms with Crippen molar-refractivity contribution in [3.63, 3.8) is 0 Å². The molecule has 1 rings (SSSR count). The van der Waals surface area contributed by atoms with E-state index in [1.54, 1.807) is 7.11 Å². The first kappa shape index (κ1) is 15.6. The van der Waals surface area contributed by atoms with Crippen LogP contribution in [0.4, 0.5) is 5.82 Å². The standard InChI is InChI=1S/C10H15N3O3.ClH/c1-13(4-5-15-2)9-7-11-8(6-12-9)10(14)16-3;/h6-7H,4-5H2,1-3H3;1H. The first-order valence-corrected chi connectivity index (χ1v) is 4.79. The molecule has 0 amide bonds. The Morgan fingerprint density at radius 1 is 1.35 bits per heavy atom. The molecule has 1 heterocycles. The van der Waals surface area contributed by atoms with Gasteiger partial charge in [0.2, 0.25) is 0 Å². The summed E-state index contributed by atoms with van der Waals surface area (Å²) in [4.78, 5) is 21.1. The van der Waals surface area contributed by atoms with Crippen LogP contribution in [0.2, 0.25) is 0 Å². The fourth-order valence-electron chi connectivity index (χ4n) is 1.07. The van der Waals surface area contributed by atoms with Crippen molar-refractivity contribution in [2.45, 2.75) is 0 Å². The first-order valence-electron chi connectivity index (χ1n) is 4.79. The summed E-state index contributed by atoms with van der Waals surface area (Å²) in [5.41, 5.74) is 0.200. The minimum absolute atomic E-state index is 0. The van der Waals surface area contributed by atoms with Crippen LogP contribution >= 0.6 is 12.4 Å². The second kappa shape index (κ2) is 7.81. The van der Waals surface area contributed by atoms with Crippen LogP contribution in [0.15, 0.2) is 12.4 Å². The normalized spacial score (nSPS) is 9.35. The molecule has 0 fully saturated rings. The molecule has 0 bridgehead atoms. The van der Waals surface area contributed by atoms with Gasteiger partial charge >= 0.3 is 5.97 Å². The Morgan fingerprint density at radius 2 is 2.06 bits per heavy atom. The summed E-state index contributed by atoms with van der Waals surface area (Å²) < 4.78 is 9.48. The van der Waals surface area contributed by atoms with Crippen LogP contribution in [0, 0.1) is 0 Å². The van der Waals surface area contributed by atoms with Crippen molar-refractivity contribution in [3.8, 4) is 0 Å². The maximum atomic E-state index is 11.1. The van der Waals surface area contributed by atoms with Crippen LogP contribution in [0.1, 0.15) is 10.5 Å². The number of likely N-dealkylation sites (N-methyl/N-ethyl adjacent to an activating group) is 1. The molecular weight excluding hydrogens is 246 g/mol. The van der Waals surface area contributed by atoms with Crippen LogP contribution in [-0.2, 0) is 9.47 Å². The van der Waals surface area contributed by atoms with E-state index in [0.717, 1.165) is 0 Å². The van der Waals surface area contributed by atoms with Gasteiger partial charge in [-0.2, -0.15) is 0 Å². The number of esters is 1. The number of methoxy groups -OCH3 is 2. The molecule has 0 saturated carbocycles. The molecule has 0 unspecified atom stereocenters. The van der Waals surface area contributed by atoms with Crippen molar-refractivity contribution >= 4 is 24.2 Å². The molecule has 0 saturated heterocycles. The van der Waals surface area contributed by atoms with Crippen LogP contribution in [-0.4, -0.2) is 50.4 Å². The van der Waals surface area contributed by atoms with Gasteiger partial charge in [0.1, 0.15) is 5.82 Å². The lowest BCUT2D eigenvalue weighted by Gasteiger charge is -2.16. The Balaban J connectivity index is 0.00000256. The predicted octanol–water partition coefficient (Wildman–Crippen LogP) is 0.768. The molecule has 0 radical (unpaired) electrons. The molecule has 0 spiro atoms. The van der Waals surface area contributed by atoms with Crippen molar-refractivity contribution in [2.75, 3.05) is 39.3 Å². The molecule has 1 aromatic heterocycles. The smallest absolute Gasteiger partial charge is 0.358 e.